The summed E-state index contributed by atoms with van der Waals surface area (Å²) in [6, 6.07) is 7.61. The number of rotatable bonds is 3. The summed E-state index contributed by atoms with van der Waals surface area (Å²) in [5.74, 6) is 0. The lowest BCUT2D eigenvalue weighted by Crippen LogP contribution is -1.92. The highest BCUT2D eigenvalue weighted by atomic mass is 32.1. The Bertz CT molecular complexity index is 462. The predicted octanol–water partition coefficient (Wildman–Crippen LogP) is 2.69. The van der Waals surface area contributed by atoms with E-state index in [0.717, 1.165) is 22.0 Å². The van der Waals surface area contributed by atoms with Gasteiger partial charge >= 0.3 is 0 Å². The Labute approximate surface area is 91.8 Å². The number of amides is 1. The van der Waals surface area contributed by atoms with Crippen LogP contribution in [0.25, 0.3) is 11.3 Å². The van der Waals surface area contributed by atoms with Crippen LogP contribution in [-0.2, 0) is 4.79 Å². The van der Waals surface area contributed by atoms with E-state index in [1.807, 2.05) is 36.6 Å². The second-order valence-electron chi connectivity index (χ2n) is 3.09. The Morgan fingerprint density at radius 2 is 2.07 bits per heavy atom. The summed E-state index contributed by atoms with van der Waals surface area (Å²) in [4.78, 5) is 14.6. The summed E-state index contributed by atoms with van der Waals surface area (Å²) in [6.07, 6.45) is 0.669. The van der Waals surface area contributed by atoms with Crippen LogP contribution in [0, 0.1) is 6.92 Å². The Hall–Kier alpha value is -1.68. The number of carbonyl (C=O) groups is 1. The Morgan fingerprint density at radius 1 is 1.33 bits per heavy atom. The predicted molar refractivity (Wildman–Crippen MR) is 62.0 cm³/mol. The van der Waals surface area contributed by atoms with Crippen molar-refractivity contribution >= 4 is 23.4 Å². The van der Waals surface area contributed by atoms with Gasteiger partial charge in [0.05, 0.1) is 10.7 Å². The standard InChI is InChI=1S/C11H10N2OS/c1-8-13-11(6-15-8)9-2-4-10(5-3-9)12-7-14/h2-7H,1H3,(H,12,14). The molecule has 15 heavy (non-hydrogen) atoms. The second kappa shape index (κ2) is 4.23. The number of nitrogens with one attached hydrogen (secondary N) is 1. The molecule has 0 aliphatic rings. The third-order valence-electron chi connectivity index (χ3n) is 2.03. The molecule has 1 amide bonds. The van der Waals surface area contributed by atoms with Gasteiger partial charge in [0.2, 0.25) is 6.41 Å². The van der Waals surface area contributed by atoms with E-state index in [2.05, 4.69) is 10.3 Å². The van der Waals surface area contributed by atoms with E-state index in [1.165, 1.54) is 0 Å². The fourth-order valence-electron chi connectivity index (χ4n) is 1.30. The molecule has 4 heteroatoms. The molecule has 3 nitrogen and oxygen atoms in total. The molecule has 76 valence electrons. The number of hydrogen-bond acceptors (Lipinski definition) is 3. The van der Waals surface area contributed by atoms with Gasteiger partial charge in [-0.2, -0.15) is 0 Å². The number of thiazole rings is 1. The van der Waals surface area contributed by atoms with E-state index in [1.54, 1.807) is 11.3 Å². The van der Waals surface area contributed by atoms with Crippen molar-refractivity contribution in [3.63, 3.8) is 0 Å². The van der Waals surface area contributed by atoms with Crippen molar-refractivity contribution < 1.29 is 4.79 Å². The third kappa shape index (κ3) is 2.22. The number of benzene rings is 1. The minimum atomic E-state index is 0.669. The molecule has 0 radical (unpaired) electrons. The normalized spacial score (nSPS) is 9.93. The summed E-state index contributed by atoms with van der Waals surface area (Å²) < 4.78 is 0. The van der Waals surface area contributed by atoms with Crippen LogP contribution in [0.1, 0.15) is 5.01 Å². The molecule has 0 spiro atoms. The molecule has 1 heterocycles. The van der Waals surface area contributed by atoms with Crippen LogP contribution >= 0.6 is 11.3 Å². The maximum Gasteiger partial charge on any atom is 0.211 e. The first-order chi connectivity index (χ1) is 7.29. The lowest BCUT2D eigenvalue weighted by molar-refractivity contribution is -0.105. The average molecular weight is 218 g/mol. The fourth-order valence-corrected chi connectivity index (χ4v) is 1.92. The molecule has 0 aliphatic carbocycles. The quantitative estimate of drug-likeness (QED) is 0.805. The van der Waals surface area contributed by atoms with Crippen LogP contribution < -0.4 is 5.32 Å². The van der Waals surface area contributed by atoms with Crippen LogP contribution in [0.5, 0.6) is 0 Å². The molecule has 1 N–H and O–H groups in total. The number of anilines is 1. The number of carbonyl (C=O) groups excluding carboxylic acids is 1. The largest absolute Gasteiger partial charge is 0.329 e. The first-order valence-electron chi connectivity index (χ1n) is 4.52. The molecule has 1 aromatic carbocycles. The zero-order valence-corrected chi connectivity index (χ0v) is 9.04. The molecular formula is C11H10N2OS. The molecule has 1 aromatic heterocycles. The smallest absolute Gasteiger partial charge is 0.211 e. The molecule has 0 fully saturated rings. The minimum Gasteiger partial charge on any atom is -0.329 e. The Morgan fingerprint density at radius 3 is 2.60 bits per heavy atom. The van der Waals surface area contributed by atoms with Crippen LogP contribution in [0.4, 0.5) is 5.69 Å². The molecule has 0 saturated carbocycles. The fraction of sp³-hybridized carbons (Fsp3) is 0.0909. The van der Waals surface area contributed by atoms with E-state index in [0.29, 0.717) is 6.41 Å². The number of aryl methyl sites for hydroxylation is 1. The first-order valence-corrected chi connectivity index (χ1v) is 5.40. The number of aromatic nitrogens is 1. The van der Waals surface area contributed by atoms with Crippen molar-refractivity contribution in [1.29, 1.82) is 0 Å². The first kappa shape index (κ1) is 9.86. The molecule has 2 rings (SSSR count). The van der Waals surface area contributed by atoms with E-state index in [9.17, 15) is 4.79 Å². The molecule has 0 bridgehead atoms. The minimum absolute atomic E-state index is 0.669. The molecular weight excluding hydrogens is 208 g/mol. The monoisotopic (exact) mass is 218 g/mol. The van der Waals surface area contributed by atoms with Crippen molar-refractivity contribution in [3.05, 3.63) is 34.7 Å². The van der Waals surface area contributed by atoms with E-state index in [-0.39, 0.29) is 0 Å². The summed E-state index contributed by atoms with van der Waals surface area (Å²) in [7, 11) is 0. The van der Waals surface area contributed by atoms with Crippen molar-refractivity contribution in [2.45, 2.75) is 6.92 Å². The van der Waals surface area contributed by atoms with Crippen molar-refractivity contribution in [2.75, 3.05) is 5.32 Å². The van der Waals surface area contributed by atoms with Gasteiger partial charge in [-0.25, -0.2) is 4.98 Å². The molecule has 0 atom stereocenters. The van der Waals surface area contributed by atoms with Gasteiger partial charge in [0.25, 0.3) is 0 Å². The molecule has 2 aromatic rings. The van der Waals surface area contributed by atoms with Gasteiger partial charge in [-0.15, -0.1) is 11.3 Å². The molecule has 0 saturated heterocycles. The van der Waals surface area contributed by atoms with Crippen LogP contribution in [0.2, 0.25) is 0 Å². The number of nitrogens with zero attached hydrogens (tertiary/aromatic N) is 1. The maximum atomic E-state index is 10.2. The van der Waals surface area contributed by atoms with Gasteiger partial charge in [-0.3, -0.25) is 4.79 Å². The highest BCUT2D eigenvalue weighted by molar-refractivity contribution is 7.09. The van der Waals surface area contributed by atoms with Crippen LogP contribution in [0.15, 0.2) is 29.6 Å². The third-order valence-corrected chi connectivity index (χ3v) is 2.80. The van der Waals surface area contributed by atoms with E-state index < -0.39 is 0 Å². The number of hydrogen-bond donors (Lipinski definition) is 1. The highest BCUT2D eigenvalue weighted by Gasteiger charge is 2.01. The van der Waals surface area contributed by atoms with Crippen LogP contribution in [0.3, 0.4) is 0 Å². The van der Waals surface area contributed by atoms with E-state index in [4.69, 9.17) is 0 Å². The van der Waals surface area contributed by atoms with Crippen LogP contribution in [-0.4, -0.2) is 11.4 Å². The van der Waals surface area contributed by atoms with Gasteiger partial charge in [-0.1, -0.05) is 12.1 Å². The van der Waals surface area contributed by atoms with Gasteiger partial charge in [0.15, 0.2) is 0 Å². The Kier molecular flexibility index (Phi) is 2.78. The van der Waals surface area contributed by atoms with Crippen molar-refractivity contribution in [1.82, 2.24) is 4.98 Å². The van der Waals surface area contributed by atoms with Gasteiger partial charge in [0.1, 0.15) is 0 Å². The molecule has 0 aliphatic heterocycles. The second-order valence-corrected chi connectivity index (χ2v) is 4.15. The highest BCUT2D eigenvalue weighted by Crippen LogP contribution is 2.22. The van der Waals surface area contributed by atoms with Crippen molar-refractivity contribution in [3.8, 4) is 11.3 Å². The van der Waals surface area contributed by atoms with Gasteiger partial charge in [-0.05, 0) is 19.1 Å². The topological polar surface area (TPSA) is 42.0 Å². The summed E-state index contributed by atoms with van der Waals surface area (Å²) in [6.45, 7) is 1.98. The van der Waals surface area contributed by atoms with Gasteiger partial charge in [0, 0.05) is 16.6 Å². The van der Waals surface area contributed by atoms with Crippen molar-refractivity contribution in [2.24, 2.45) is 0 Å². The zero-order valence-electron chi connectivity index (χ0n) is 8.23. The SMILES string of the molecule is Cc1nc(-c2ccc(NC=O)cc2)cs1. The lowest BCUT2D eigenvalue weighted by atomic mass is 10.1. The van der Waals surface area contributed by atoms with Gasteiger partial charge < -0.3 is 5.32 Å². The summed E-state index contributed by atoms with van der Waals surface area (Å²) in [5.41, 5.74) is 2.84. The lowest BCUT2D eigenvalue weighted by Gasteiger charge is -1.99. The van der Waals surface area contributed by atoms with E-state index >= 15 is 0 Å². The zero-order chi connectivity index (χ0) is 10.7. The maximum absolute atomic E-state index is 10.2. The average Bonchev–Trinajstić information content (AvgIpc) is 2.67. The molecule has 0 unspecified atom stereocenters. The summed E-state index contributed by atoms with van der Waals surface area (Å²) in [5, 5.41) is 5.67. The summed E-state index contributed by atoms with van der Waals surface area (Å²) >= 11 is 1.63. The Balaban J connectivity index is 2.27.